The van der Waals surface area contributed by atoms with E-state index < -0.39 is 0 Å². The van der Waals surface area contributed by atoms with Crippen LogP contribution < -0.4 is 10.5 Å². The number of pyridine rings is 1. The molecule has 0 amide bonds. The number of nitrogens with two attached hydrogens (primary N) is 1. The van der Waals surface area contributed by atoms with Crippen LogP contribution in [0.15, 0.2) is 36.5 Å². The highest BCUT2D eigenvalue weighted by Crippen LogP contribution is 2.24. The first-order valence-electron chi connectivity index (χ1n) is 4.93. The van der Waals surface area contributed by atoms with E-state index in [1.165, 1.54) is 0 Å². The van der Waals surface area contributed by atoms with Crippen molar-refractivity contribution in [3.63, 3.8) is 0 Å². The molecule has 2 N–H and O–H groups in total. The van der Waals surface area contributed by atoms with Crippen molar-refractivity contribution >= 4 is 28.9 Å². The summed E-state index contributed by atoms with van der Waals surface area (Å²) in [5, 5.41) is 0.945. The standard InChI is InChI=1S/C12H10Cl2N2O/c13-10-5-9(2-3-11(10)15)17-7-8-1-4-12(14)16-6-8/h1-6H,7,15H2. The molecule has 88 valence electrons. The molecule has 0 bridgehead atoms. The highest BCUT2D eigenvalue weighted by molar-refractivity contribution is 6.33. The van der Waals surface area contributed by atoms with Crippen LogP contribution in [0.2, 0.25) is 10.2 Å². The molecule has 1 heterocycles. The van der Waals surface area contributed by atoms with Gasteiger partial charge in [0.05, 0.1) is 10.7 Å². The Morgan fingerprint density at radius 1 is 1.18 bits per heavy atom. The normalized spacial score (nSPS) is 10.2. The number of halogens is 2. The van der Waals surface area contributed by atoms with Crippen LogP contribution in [0.1, 0.15) is 5.56 Å². The number of nitrogen functional groups attached to an aromatic ring is 1. The summed E-state index contributed by atoms with van der Waals surface area (Å²) in [6, 6.07) is 8.73. The van der Waals surface area contributed by atoms with Gasteiger partial charge in [0.15, 0.2) is 0 Å². The molecule has 0 aliphatic heterocycles. The SMILES string of the molecule is Nc1ccc(OCc2ccc(Cl)nc2)cc1Cl. The Hall–Kier alpha value is -1.45. The lowest BCUT2D eigenvalue weighted by molar-refractivity contribution is 0.306. The maximum atomic E-state index is 5.88. The predicted octanol–water partition coefficient (Wildman–Crippen LogP) is 3.55. The molecule has 0 atom stereocenters. The summed E-state index contributed by atoms with van der Waals surface area (Å²) in [5.41, 5.74) is 7.07. The van der Waals surface area contributed by atoms with E-state index >= 15 is 0 Å². The summed E-state index contributed by atoms with van der Waals surface area (Å²) in [5.74, 6) is 0.666. The van der Waals surface area contributed by atoms with Crippen LogP contribution in [0, 0.1) is 0 Å². The molecule has 1 aromatic carbocycles. The molecular formula is C12H10Cl2N2O. The van der Waals surface area contributed by atoms with Crippen LogP contribution in [0.25, 0.3) is 0 Å². The minimum atomic E-state index is 0.407. The van der Waals surface area contributed by atoms with Gasteiger partial charge in [-0.3, -0.25) is 0 Å². The quantitative estimate of drug-likeness (QED) is 0.684. The second-order valence-corrected chi connectivity index (χ2v) is 4.26. The van der Waals surface area contributed by atoms with Crippen molar-refractivity contribution in [3.8, 4) is 5.75 Å². The summed E-state index contributed by atoms with van der Waals surface area (Å²) in [6.45, 7) is 0.407. The number of aromatic nitrogens is 1. The molecule has 1 aromatic heterocycles. The summed E-state index contributed by atoms with van der Waals surface area (Å²) in [6.07, 6.45) is 1.67. The van der Waals surface area contributed by atoms with Crippen LogP contribution in [0.5, 0.6) is 5.75 Å². The highest BCUT2D eigenvalue weighted by Gasteiger charge is 2.00. The molecule has 0 spiro atoms. The Morgan fingerprint density at radius 2 is 2.00 bits per heavy atom. The minimum Gasteiger partial charge on any atom is -0.489 e. The average molecular weight is 269 g/mol. The fraction of sp³-hybridized carbons (Fsp3) is 0.0833. The van der Waals surface area contributed by atoms with Gasteiger partial charge in [0.2, 0.25) is 0 Å². The number of ether oxygens (including phenoxy) is 1. The molecule has 17 heavy (non-hydrogen) atoms. The van der Waals surface area contributed by atoms with E-state index in [1.54, 1.807) is 30.5 Å². The summed E-state index contributed by atoms with van der Waals surface area (Å²) < 4.78 is 5.54. The van der Waals surface area contributed by atoms with Crippen molar-refractivity contribution in [3.05, 3.63) is 52.3 Å². The lowest BCUT2D eigenvalue weighted by Gasteiger charge is -2.07. The lowest BCUT2D eigenvalue weighted by Crippen LogP contribution is -1.96. The van der Waals surface area contributed by atoms with Gasteiger partial charge >= 0.3 is 0 Å². The van der Waals surface area contributed by atoms with Crippen molar-refractivity contribution in [1.82, 2.24) is 4.98 Å². The van der Waals surface area contributed by atoms with E-state index in [2.05, 4.69) is 4.98 Å². The largest absolute Gasteiger partial charge is 0.489 e. The maximum Gasteiger partial charge on any atom is 0.129 e. The third kappa shape index (κ3) is 3.25. The first-order chi connectivity index (χ1) is 8.15. The van der Waals surface area contributed by atoms with Gasteiger partial charge in [0.25, 0.3) is 0 Å². The van der Waals surface area contributed by atoms with Gasteiger partial charge in [-0.15, -0.1) is 0 Å². The van der Waals surface area contributed by atoms with Gasteiger partial charge < -0.3 is 10.5 Å². The molecule has 0 aliphatic rings. The van der Waals surface area contributed by atoms with Crippen LogP contribution in [0.3, 0.4) is 0 Å². The molecule has 2 aromatic rings. The molecule has 3 nitrogen and oxygen atoms in total. The zero-order chi connectivity index (χ0) is 12.3. The Morgan fingerprint density at radius 3 is 2.65 bits per heavy atom. The number of benzene rings is 1. The number of hydrogen-bond acceptors (Lipinski definition) is 3. The van der Waals surface area contributed by atoms with Crippen LogP contribution in [-0.4, -0.2) is 4.98 Å². The van der Waals surface area contributed by atoms with E-state index in [-0.39, 0.29) is 0 Å². The third-order valence-corrected chi connectivity index (χ3v) is 2.72. The van der Waals surface area contributed by atoms with E-state index in [4.69, 9.17) is 33.7 Å². The predicted molar refractivity (Wildman–Crippen MR) is 69.4 cm³/mol. The molecule has 2 rings (SSSR count). The van der Waals surface area contributed by atoms with Gasteiger partial charge in [-0.1, -0.05) is 29.3 Å². The summed E-state index contributed by atoms with van der Waals surface area (Å²) >= 11 is 11.6. The molecule has 0 aliphatic carbocycles. The van der Waals surface area contributed by atoms with Crippen molar-refractivity contribution in [2.45, 2.75) is 6.61 Å². The molecule has 5 heteroatoms. The van der Waals surface area contributed by atoms with E-state index in [1.807, 2.05) is 6.07 Å². The zero-order valence-corrected chi connectivity index (χ0v) is 10.4. The fourth-order valence-electron chi connectivity index (χ4n) is 1.26. The Balaban J connectivity index is 2.02. The van der Waals surface area contributed by atoms with Crippen molar-refractivity contribution in [2.24, 2.45) is 0 Å². The van der Waals surface area contributed by atoms with Gasteiger partial charge in [-0.2, -0.15) is 0 Å². The molecule has 0 unspecified atom stereocenters. The molecule has 0 saturated carbocycles. The van der Waals surface area contributed by atoms with Crippen molar-refractivity contribution in [1.29, 1.82) is 0 Å². The molecule has 0 radical (unpaired) electrons. The zero-order valence-electron chi connectivity index (χ0n) is 8.86. The number of nitrogens with zero attached hydrogens (tertiary/aromatic N) is 1. The first kappa shape index (κ1) is 12.0. The van der Waals surface area contributed by atoms with Crippen molar-refractivity contribution < 1.29 is 4.74 Å². The first-order valence-corrected chi connectivity index (χ1v) is 5.69. The highest BCUT2D eigenvalue weighted by atomic mass is 35.5. The lowest BCUT2D eigenvalue weighted by atomic mass is 10.3. The smallest absolute Gasteiger partial charge is 0.129 e. The number of anilines is 1. The number of hydrogen-bond donors (Lipinski definition) is 1. The summed E-state index contributed by atoms with van der Waals surface area (Å²) in [4.78, 5) is 3.96. The Labute approximate surface area is 109 Å². The van der Waals surface area contributed by atoms with Gasteiger partial charge in [0, 0.05) is 17.8 Å². The Kier molecular flexibility index (Phi) is 3.71. The average Bonchev–Trinajstić information content (AvgIpc) is 2.33. The topological polar surface area (TPSA) is 48.1 Å². The Bertz CT molecular complexity index is 514. The molecular weight excluding hydrogens is 259 g/mol. The van der Waals surface area contributed by atoms with Gasteiger partial charge in [-0.05, 0) is 18.2 Å². The van der Waals surface area contributed by atoms with E-state index in [0.717, 1.165) is 5.56 Å². The third-order valence-electron chi connectivity index (χ3n) is 2.17. The van der Waals surface area contributed by atoms with Crippen LogP contribution in [0.4, 0.5) is 5.69 Å². The van der Waals surface area contributed by atoms with Gasteiger partial charge in [0.1, 0.15) is 17.5 Å². The minimum absolute atomic E-state index is 0.407. The second-order valence-electron chi connectivity index (χ2n) is 3.46. The fourth-order valence-corrected chi connectivity index (χ4v) is 1.54. The van der Waals surface area contributed by atoms with E-state index in [9.17, 15) is 0 Å². The van der Waals surface area contributed by atoms with E-state index in [0.29, 0.717) is 28.2 Å². The molecule has 0 fully saturated rings. The van der Waals surface area contributed by atoms with Crippen molar-refractivity contribution in [2.75, 3.05) is 5.73 Å². The summed E-state index contributed by atoms with van der Waals surface area (Å²) in [7, 11) is 0. The van der Waals surface area contributed by atoms with Crippen LogP contribution >= 0.6 is 23.2 Å². The molecule has 0 saturated heterocycles. The van der Waals surface area contributed by atoms with Crippen LogP contribution in [-0.2, 0) is 6.61 Å². The van der Waals surface area contributed by atoms with Gasteiger partial charge in [-0.25, -0.2) is 4.98 Å². The monoisotopic (exact) mass is 268 g/mol. The maximum absolute atomic E-state index is 5.88. The number of rotatable bonds is 3. The second kappa shape index (κ2) is 5.25.